The van der Waals surface area contributed by atoms with Gasteiger partial charge in [-0.05, 0) is 159 Å². The molecule has 74 heavy (non-hydrogen) atoms. The van der Waals surface area contributed by atoms with Crippen LogP contribution >= 0.6 is 0 Å². The normalized spacial score (nSPS) is 18.6. The zero-order chi connectivity index (χ0) is 50.7. The number of hydrogen-bond acceptors (Lipinski definition) is 4. The first kappa shape index (κ1) is 46.2. The van der Waals surface area contributed by atoms with Crippen molar-refractivity contribution in [2.75, 3.05) is 14.7 Å². The van der Waals surface area contributed by atoms with Crippen molar-refractivity contribution in [3.63, 3.8) is 0 Å². The van der Waals surface area contributed by atoms with Gasteiger partial charge in [-0.25, -0.2) is 0 Å². The molecule has 4 aliphatic rings. The standard InChI is InChI=1S/C69H65BN4/c1-66(2,3)51-24-19-25-54(42-51)73-62-43-52(67(4,5)6)31-34-57(62)70-58-41-49(47-22-13-10-14-23-47)29-36-61(58)72(53-32-27-48(28-33-53)46-20-11-9-12-21-46)63-44-55(45-64(73)65(63)70)74-60-35-30-50(59-26-15-18-39-71-59)40-56(60)68(7)37-16-17-38-69(68,74)8/h9-15,18-36,39-45H,16-17,37-38H2,1-8H3. The highest BCUT2D eigenvalue weighted by atomic mass is 15.3. The number of nitrogens with zero attached hydrogens (tertiary/aromatic N) is 4. The number of hydrogen-bond donors (Lipinski definition) is 0. The summed E-state index contributed by atoms with van der Waals surface area (Å²) in [5, 5.41) is 0. The lowest BCUT2D eigenvalue weighted by molar-refractivity contribution is 0.195. The van der Waals surface area contributed by atoms with Crippen LogP contribution in [0.25, 0.3) is 33.5 Å². The maximum atomic E-state index is 4.85. The molecule has 4 heterocycles. The molecule has 3 aliphatic heterocycles. The molecule has 0 radical (unpaired) electrons. The molecule has 1 fully saturated rings. The quantitative estimate of drug-likeness (QED) is 0.155. The van der Waals surface area contributed by atoms with Crippen molar-refractivity contribution in [1.82, 2.24) is 4.98 Å². The van der Waals surface area contributed by atoms with Crippen molar-refractivity contribution < 1.29 is 0 Å². The van der Waals surface area contributed by atoms with E-state index in [-0.39, 0.29) is 28.5 Å². The fraction of sp³-hybridized carbons (Fsp3) is 0.232. The van der Waals surface area contributed by atoms with Crippen LogP contribution in [-0.4, -0.2) is 17.2 Å². The lowest BCUT2D eigenvalue weighted by Crippen LogP contribution is -2.61. The Morgan fingerprint density at radius 2 is 1.04 bits per heavy atom. The second kappa shape index (κ2) is 17.0. The summed E-state index contributed by atoms with van der Waals surface area (Å²) in [6.45, 7) is 19.1. The number of rotatable bonds is 6. The van der Waals surface area contributed by atoms with Gasteiger partial charge in [-0.15, -0.1) is 0 Å². The first-order valence-corrected chi connectivity index (χ1v) is 26.9. The third-order valence-electron chi connectivity index (χ3n) is 17.6. The molecule has 2 atom stereocenters. The van der Waals surface area contributed by atoms with Crippen molar-refractivity contribution in [2.45, 2.75) is 103 Å². The molecule has 0 N–H and O–H groups in total. The molecule has 0 bridgehead atoms. The summed E-state index contributed by atoms with van der Waals surface area (Å²) < 4.78 is 0. The highest BCUT2D eigenvalue weighted by Gasteiger charge is 2.58. The predicted molar refractivity (Wildman–Crippen MR) is 315 cm³/mol. The Balaban J connectivity index is 1.13. The number of aromatic nitrogens is 1. The fourth-order valence-corrected chi connectivity index (χ4v) is 13.3. The molecule has 1 aromatic heterocycles. The third kappa shape index (κ3) is 7.21. The second-order valence-electron chi connectivity index (χ2n) is 24.0. The van der Waals surface area contributed by atoms with Crippen LogP contribution < -0.4 is 31.1 Å². The summed E-state index contributed by atoms with van der Waals surface area (Å²) in [4.78, 5) is 12.9. The lowest BCUT2D eigenvalue weighted by atomic mass is 9.33. The van der Waals surface area contributed by atoms with E-state index in [1.807, 2.05) is 12.3 Å². The molecule has 0 amide bonds. The molecule has 1 saturated carbocycles. The van der Waals surface area contributed by atoms with Crippen molar-refractivity contribution in [3.8, 4) is 33.5 Å². The average molecular weight is 961 g/mol. The van der Waals surface area contributed by atoms with E-state index in [1.54, 1.807) is 0 Å². The van der Waals surface area contributed by atoms with Crippen molar-refractivity contribution in [3.05, 3.63) is 217 Å². The lowest BCUT2D eigenvalue weighted by Gasteiger charge is -2.51. The molecule has 364 valence electrons. The highest BCUT2D eigenvalue weighted by molar-refractivity contribution is 7.00. The van der Waals surface area contributed by atoms with Gasteiger partial charge >= 0.3 is 0 Å². The van der Waals surface area contributed by atoms with Crippen LogP contribution in [0.4, 0.5) is 45.5 Å². The van der Waals surface area contributed by atoms with Gasteiger partial charge in [0.25, 0.3) is 6.71 Å². The summed E-state index contributed by atoms with van der Waals surface area (Å²) in [6, 6.07) is 73.7. The average Bonchev–Trinajstić information content (AvgIpc) is 3.67. The smallest absolute Gasteiger partial charge is 0.252 e. The molecule has 8 aromatic carbocycles. The molecule has 5 heteroatoms. The number of pyridine rings is 1. The molecule has 9 aromatic rings. The molecule has 0 spiro atoms. The Morgan fingerprint density at radius 1 is 0.432 bits per heavy atom. The summed E-state index contributed by atoms with van der Waals surface area (Å²) >= 11 is 0. The van der Waals surface area contributed by atoms with E-state index in [0.29, 0.717) is 0 Å². The van der Waals surface area contributed by atoms with Crippen LogP contribution in [0, 0.1) is 0 Å². The van der Waals surface area contributed by atoms with E-state index in [9.17, 15) is 0 Å². The minimum Gasteiger partial charge on any atom is -0.334 e. The van der Waals surface area contributed by atoms with Crippen molar-refractivity contribution in [2.24, 2.45) is 0 Å². The molecular weight excluding hydrogens is 896 g/mol. The Bertz CT molecular complexity index is 3630. The van der Waals surface area contributed by atoms with E-state index in [2.05, 4.69) is 258 Å². The summed E-state index contributed by atoms with van der Waals surface area (Å²) in [6.07, 6.45) is 6.54. The van der Waals surface area contributed by atoms with Crippen LogP contribution in [-0.2, 0) is 16.2 Å². The topological polar surface area (TPSA) is 22.6 Å². The monoisotopic (exact) mass is 961 g/mol. The summed E-state index contributed by atoms with van der Waals surface area (Å²) in [5.41, 5.74) is 24.4. The van der Waals surface area contributed by atoms with Crippen LogP contribution in [0.5, 0.6) is 0 Å². The SMILES string of the molecule is CC(C)(C)c1cccc(N2c3cc(C(C)(C)C)ccc3B3c4cc(-c5ccccc5)ccc4N(c4ccc(-c5ccccc5)cc4)c4cc(N5c6ccc(-c7ccccn7)cc6C6(C)CCCCC56C)cc2c43)c1. The van der Waals surface area contributed by atoms with E-state index in [1.165, 1.54) is 114 Å². The first-order chi connectivity index (χ1) is 35.7. The van der Waals surface area contributed by atoms with Gasteiger partial charge in [0.2, 0.25) is 0 Å². The van der Waals surface area contributed by atoms with Gasteiger partial charge in [0.15, 0.2) is 0 Å². The first-order valence-electron chi connectivity index (χ1n) is 26.9. The Labute approximate surface area is 439 Å². The summed E-state index contributed by atoms with van der Waals surface area (Å²) in [5.74, 6) is 0. The molecule has 0 saturated heterocycles. The van der Waals surface area contributed by atoms with Gasteiger partial charge in [0, 0.05) is 62.7 Å². The second-order valence-corrected chi connectivity index (χ2v) is 24.0. The minimum absolute atomic E-state index is 0.0408. The van der Waals surface area contributed by atoms with E-state index in [4.69, 9.17) is 4.98 Å². The number of anilines is 8. The van der Waals surface area contributed by atoms with Gasteiger partial charge < -0.3 is 14.7 Å². The maximum Gasteiger partial charge on any atom is 0.252 e. The van der Waals surface area contributed by atoms with Gasteiger partial charge in [-0.2, -0.15) is 0 Å². The van der Waals surface area contributed by atoms with Gasteiger partial charge in [0.05, 0.1) is 11.2 Å². The van der Waals surface area contributed by atoms with Crippen LogP contribution in [0.3, 0.4) is 0 Å². The molecule has 13 rings (SSSR count). The Morgan fingerprint density at radius 3 is 1.73 bits per heavy atom. The van der Waals surface area contributed by atoms with Crippen LogP contribution in [0.2, 0.25) is 0 Å². The molecule has 1 aliphatic carbocycles. The summed E-state index contributed by atoms with van der Waals surface area (Å²) in [7, 11) is 0. The maximum absolute atomic E-state index is 4.85. The van der Waals surface area contributed by atoms with Crippen molar-refractivity contribution >= 4 is 68.6 Å². The van der Waals surface area contributed by atoms with E-state index < -0.39 is 0 Å². The molecule has 2 unspecified atom stereocenters. The van der Waals surface area contributed by atoms with Crippen LogP contribution in [0.15, 0.2) is 200 Å². The zero-order valence-electron chi connectivity index (χ0n) is 44.2. The number of fused-ring (bicyclic) bond motifs is 7. The van der Waals surface area contributed by atoms with E-state index >= 15 is 0 Å². The van der Waals surface area contributed by atoms with E-state index in [0.717, 1.165) is 24.2 Å². The Hall–Kier alpha value is -7.63. The molecule has 4 nitrogen and oxygen atoms in total. The highest BCUT2D eigenvalue weighted by Crippen LogP contribution is 2.62. The number of benzene rings is 8. The van der Waals surface area contributed by atoms with Gasteiger partial charge in [-0.3, -0.25) is 4.98 Å². The Kier molecular flexibility index (Phi) is 10.6. The molecular formula is C69H65BN4. The van der Waals surface area contributed by atoms with Gasteiger partial charge in [-0.1, -0.05) is 183 Å². The minimum atomic E-state index is -0.195. The third-order valence-corrected chi connectivity index (χ3v) is 17.6. The van der Waals surface area contributed by atoms with Crippen LogP contribution in [0.1, 0.15) is 97.8 Å². The fourth-order valence-electron chi connectivity index (χ4n) is 13.3. The zero-order valence-corrected chi connectivity index (χ0v) is 44.2. The predicted octanol–water partition coefficient (Wildman–Crippen LogP) is 16.5. The van der Waals surface area contributed by atoms with Gasteiger partial charge in [0.1, 0.15) is 0 Å². The van der Waals surface area contributed by atoms with Crippen molar-refractivity contribution in [1.29, 1.82) is 0 Å². The largest absolute Gasteiger partial charge is 0.334 e.